The Morgan fingerprint density at radius 1 is 0.971 bits per heavy atom. The third-order valence-electron chi connectivity index (χ3n) is 6.63. The number of urea groups is 1. The van der Waals surface area contributed by atoms with Crippen LogP contribution >= 0.6 is 0 Å². The Kier molecular flexibility index (Phi) is 5.75. The molecule has 3 atom stereocenters. The van der Waals surface area contributed by atoms with Crippen LogP contribution in [0.4, 0.5) is 19.3 Å². The predicted octanol–water partition coefficient (Wildman–Crippen LogP) is 3.83. The van der Waals surface area contributed by atoms with E-state index in [4.69, 9.17) is 0 Å². The number of rotatable bonds is 4. The van der Waals surface area contributed by atoms with Gasteiger partial charge in [-0.3, -0.25) is 4.79 Å². The molecule has 0 saturated carbocycles. The highest BCUT2D eigenvalue weighted by Gasteiger charge is 2.54. The number of aliphatic hydroxyl groups excluding tert-OH is 1. The molecule has 0 spiro atoms. The van der Waals surface area contributed by atoms with Gasteiger partial charge in [-0.25, -0.2) is 13.6 Å². The average molecular weight is 463 g/mol. The summed E-state index contributed by atoms with van der Waals surface area (Å²) in [6.45, 7) is -0.0511. The summed E-state index contributed by atoms with van der Waals surface area (Å²) in [4.78, 5) is 28.6. The molecular weight excluding hydrogens is 440 g/mol. The van der Waals surface area contributed by atoms with Gasteiger partial charge in [-0.05, 0) is 41.0 Å². The van der Waals surface area contributed by atoms with Crippen LogP contribution < -0.4 is 5.32 Å². The van der Waals surface area contributed by atoms with Crippen LogP contribution in [0.3, 0.4) is 0 Å². The molecule has 6 nitrogen and oxygen atoms in total. The van der Waals surface area contributed by atoms with Gasteiger partial charge >= 0.3 is 6.03 Å². The first-order valence-corrected chi connectivity index (χ1v) is 11.0. The normalized spacial score (nSPS) is 21.6. The molecule has 174 valence electrons. The lowest BCUT2D eigenvalue weighted by molar-refractivity contribution is -0.159. The first kappa shape index (κ1) is 22.0. The molecule has 0 aromatic heterocycles. The third kappa shape index (κ3) is 3.90. The number of para-hydroxylation sites is 1. The number of halogens is 2. The number of carbonyl (C=O) groups excluding carboxylic acids is 2. The van der Waals surface area contributed by atoms with Crippen molar-refractivity contribution in [3.63, 3.8) is 0 Å². The van der Waals surface area contributed by atoms with E-state index < -0.39 is 11.8 Å². The van der Waals surface area contributed by atoms with Crippen molar-refractivity contribution in [1.29, 1.82) is 0 Å². The molecule has 0 aliphatic carbocycles. The second kappa shape index (κ2) is 8.87. The number of piperazine rings is 1. The van der Waals surface area contributed by atoms with Gasteiger partial charge in [0.05, 0.1) is 24.4 Å². The summed E-state index contributed by atoms with van der Waals surface area (Å²) >= 11 is 0. The third-order valence-corrected chi connectivity index (χ3v) is 6.63. The number of carbonyl (C=O) groups is 2. The summed E-state index contributed by atoms with van der Waals surface area (Å²) in [6.07, 6.45) is 0. The molecule has 0 bridgehead atoms. The molecule has 5 rings (SSSR count). The minimum absolute atomic E-state index is 0.0529. The predicted molar refractivity (Wildman–Crippen MR) is 123 cm³/mol. The number of amides is 3. The van der Waals surface area contributed by atoms with E-state index in [-0.39, 0.29) is 55.1 Å². The fourth-order valence-corrected chi connectivity index (χ4v) is 4.95. The van der Waals surface area contributed by atoms with Crippen LogP contribution in [0.1, 0.15) is 11.5 Å². The van der Waals surface area contributed by atoms with Gasteiger partial charge in [0.25, 0.3) is 0 Å². The Hall–Kier alpha value is -3.78. The number of hydrogen-bond donors (Lipinski definition) is 2. The van der Waals surface area contributed by atoms with Crippen molar-refractivity contribution < 1.29 is 23.5 Å². The van der Waals surface area contributed by atoms with Crippen molar-refractivity contribution in [3.05, 3.63) is 90.0 Å². The highest BCUT2D eigenvalue weighted by Crippen LogP contribution is 2.43. The van der Waals surface area contributed by atoms with E-state index in [0.29, 0.717) is 0 Å². The van der Waals surface area contributed by atoms with Crippen LogP contribution in [-0.2, 0) is 4.79 Å². The van der Waals surface area contributed by atoms with Crippen LogP contribution in [-0.4, -0.2) is 58.6 Å². The Labute approximate surface area is 195 Å². The standard InChI is InChI=1S/C26H23F2N3O3/c27-19-11-9-17(10-12-19)16-5-7-18(8-6-16)25-22-13-30(14-24(33)31(22)23(25)15-32)26(34)29-21-4-2-1-3-20(21)28/h1-12,22-23,25,32H,13-15H2,(H,29,34)/t22-,23+,25-/m0/s1. The van der Waals surface area contributed by atoms with Gasteiger partial charge in [-0.15, -0.1) is 0 Å². The lowest BCUT2D eigenvalue weighted by Gasteiger charge is -2.58. The maximum absolute atomic E-state index is 13.9. The molecule has 3 amide bonds. The van der Waals surface area contributed by atoms with E-state index in [1.807, 2.05) is 24.3 Å². The molecule has 2 heterocycles. The number of anilines is 1. The maximum Gasteiger partial charge on any atom is 0.322 e. The fraction of sp³-hybridized carbons (Fsp3) is 0.231. The molecular formula is C26H23F2N3O3. The van der Waals surface area contributed by atoms with E-state index in [0.717, 1.165) is 16.7 Å². The topological polar surface area (TPSA) is 72.9 Å². The summed E-state index contributed by atoms with van der Waals surface area (Å²) < 4.78 is 27.2. The highest BCUT2D eigenvalue weighted by atomic mass is 19.1. The zero-order chi connectivity index (χ0) is 23.8. The van der Waals surface area contributed by atoms with Crippen LogP contribution in [0, 0.1) is 11.6 Å². The number of hydrogen-bond acceptors (Lipinski definition) is 3. The Morgan fingerprint density at radius 2 is 1.62 bits per heavy atom. The lowest BCUT2D eigenvalue weighted by atomic mass is 9.73. The van der Waals surface area contributed by atoms with E-state index in [9.17, 15) is 23.5 Å². The number of aliphatic hydroxyl groups is 1. The Morgan fingerprint density at radius 3 is 2.26 bits per heavy atom. The van der Waals surface area contributed by atoms with Crippen molar-refractivity contribution in [2.45, 2.75) is 18.0 Å². The molecule has 3 aromatic carbocycles. The van der Waals surface area contributed by atoms with Gasteiger partial charge in [0.1, 0.15) is 18.2 Å². The zero-order valence-corrected chi connectivity index (χ0v) is 18.2. The van der Waals surface area contributed by atoms with Gasteiger partial charge in [0.15, 0.2) is 0 Å². The van der Waals surface area contributed by atoms with Gasteiger partial charge < -0.3 is 20.2 Å². The van der Waals surface area contributed by atoms with Crippen LogP contribution in [0.25, 0.3) is 11.1 Å². The zero-order valence-electron chi connectivity index (χ0n) is 18.2. The molecule has 2 N–H and O–H groups in total. The summed E-state index contributed by atoms with van der Waals surface area (Å²) in [5.41, 5.74) is 2.80. The molecule has 2 saturated heterocycles. The van der Waals surface area contributed by atoms with Crippen molar-refractivity contribution in [1.82, 2.24) is 9.80 Å². The van der Waals surface area contributed by atoms with Crippen LogP contribution in [0.2, 0.25) is 0 Å². The molecule has 2 aliphatic rings. The van der Waals surface area contributed by atoms with Gasteiger partial charge in [0, 0.05) is 12.5 Å². The first-order valence-electron chi connectivity index (χ1n) is 11.0. The minimum atomic E-state index is -0.552. The first-order chi connectivity index (χ1) is 16.5. The van der Waals surface area contributed by atoms with E-state index in [1.54, 1.807) is 23.1 Å². The van der Waals surface area contributed by atoms with Gasteiger partial charge in [-0.2, -0.15) is 0 Å². The number of nitrogens with one attached hydrogen (secondary N) is 1. The van der Waals surface area contributed by atoms with E-state index in [1.165, 1.54) is 35.2 Å². The van der Waals surface area contributed by atoms with Gasteiger partial charge in [-0.1, -0.05) is 48.5 Å². The SMILES string of the molecule is O=C(Nc1ccccc1F)N1CC(=O)N2[C@H](CO)[C@@H](c3ccc(-c4ccc(F)cc4)cc3)[C@@H]2C1. The molecule has 2 fully saturated rings. The summed E-state index contributed by atoms with van der Waals surface area (Å²) in [5, 5.41) is 12.5. The molecule has 2 aliphatic heterocycles. The molecule has 8 heteroatoms. The van der Waals surface area contributed by atoms with Gasteiger partial charge in [0.2, 0.25) is 5.91 Å². The average Bonchev–Trinajstić information content (AvgIpc) is 2.82. The summed E-state index contributed by atoms with van der Waals surface area (Å²) in [6, 6.07) is 18.6. The van der Waals surface area contributed by atoms with Crippen LogP contribution in [0.5, 0.6) is 0 Å². The van der Waals surface area contributed by atoms with Crippen molar-refractivity contribution in [2.75, 3.05) is 25.0 Å². The van der Waals surface area contributed by atoms with E-state index in [2.05, 4.69) is 5.32 Å². The Balaban J connectivity index is 1.34. The summed E-state index contributed by atoms with van der Waals surface area (Å²) in [5.74, 6) is -1.26. The molecule has 34 heavy (non-hydrogen) atoms. The van der Waals surface area contributed by atoms with Crippen LogP contribution in [0.15, 0.2) is 72.8 Å². The fourth-order valence-electron chi connectivity index (χ4n) is 4.95. The molecule has 0 unspecified atom stereocenters. The monoisotopic (exact) mass is 463 g/mol. The molecule has 3 aromatic rings. The lowest BCUT2D eigenvalue weighted by Crippen LogP contribution is -2.73. The number of nitrogens with zero attached hydrogens (tertiary/aromatic N) is 2. The van der Waals surface area contributed by atoms with Crippen molar-refractivity contribution >= 4 is 17.6 Å². The second-order valence-electron chi connectivity index (χ2n) is 8.56. The number of fused-ring (bicyclic) bond motifs is 1. The number of benzene rings is 3. The minimum Gasteiger partial charge on any atom is -0.394 e. The highest BCUT2D eigenvalue weighted by molar-refractivity contribution is 5.94. The largest absolute Gasteiger partial charge is 0.394 e. The maximum atomic E-state index is 13.9. The Bertz CT molecular complexity index is 1220. The smallest absolute Gasteiger partial charge is 0.322 e. The second-order valence-corrected chi connectivity index (χ2v) is 8.56. The van der Waals surface area contributed by atoms with Crippen molar-refractivity contribution in [2.24, 2.45) is 0 Å². The quantitative estimate of drug-likeness (QED) is 0.618. The summed E-state index contributed by atoms with van der Waals surface area (Å²) in [7, 11) is 0. The van der Waals surface area contributed by atoms with E-state index >= 15 is 0 Å². The van der Waals surface area contributed by atoms with Crippen molar-refractivity contribution in [3.8, 4) is 11.1 Å². The molecule has 0 radical (unpaired) electrons.